The Morgan fingerprint density at radius 1 is 0.667 bits per heavy atom. The van der Waals surface area contributed by atoms with Gasteiger partial charge >= 0.3 is 11.9 Å². The van der Waals surface area contributed by atoms with Crippen molar-refractivity contribution in [3.05, 3.63) is 24.3 Å². The molecule has 0 aliphatic rings. The van der Waals surface area contributed by atoms with E-state index in [1.807, 2.05) is 18.4 Å². The third kappa shape index (κ3) is 17.6. The SMILES string of the molecule is CCCCCCCCCCCCCCCCCOC(=O)CCC(=O)Oc1ccc(SC)cc1. The number of rotatable bonds is 21. The molecule has 0 saturated heterocycles. The highest BCUT2D eigenvalue weighted by molar-refractivity contribution is 7.98. The predicted molar refractivity (Wildman–Crippen MR) is 139 cm³/mol. The molecule has 0 saturated carbocycles. The zero-order valence-corrected chi connectivity index (χ0v) is 21.9. The molecule has 0 fully saturated rings. The molecule has 1 rings (SSSR count). The maximum atomic E-state index is 11.9. The fourth-order valence-electron chi connectivity index (χ4n) is 3.76. The summed E-state index contributed by atoms with van der Waals surface area (Å²) in [6.07, 6.45) is 21.8. The lowest BCUT2D eigenvalue weighted by atomic mass is 10.0. The number of benzene rings is 1. The maximum Gasteiger partial charge on any atom is 0.311 e. The summed E-state index contributed by atoms with van der Waals surface area (Å²) in [5, 5.41) is 0. The lowest BCUT2D eigenvalue weighted by Crippen LogP contribution is -2.12. The quantitative estimate of drug-likeness (QED) is 0.0767. The van der Waals surface area contributed by atoms with Gasteiger partial charge in [-0.15, -0.1) is 11.8 Å². The lowest BCUT2D eigenvalue weighted by molar-refractivity contribution is -0.147. The zero-order valence-electron chi connectivity index (χ0n) is 21.1. The van der Waals surface area contributed by atoms with Crippen LogP contribution in [0.15, 0.2) is 29.2 Å². The molecule has 0 unspecified atom stereocenters. The predicted octanol–water partition coefficient (Wildman–Crippen LogP) is 8.51. The number of hydrogen-bond acceptors (Lipinski definition) is 5. The van der Waals surface area contributed by atoms with Crippen molar-refractivity contribution in [3.8, 4) is 5.75 Å². The van der Waals surface area contributed by atoms with Crippen LogP contribution in [-0.2, 0) is 14.3 Å². The normalized spacial score (nSPS) is 10.8. The number of carbonyl (C=O) groups excluding carboxylic acids is 2. The first-order valence-electron chi connectivity index (χ1n) is 13.2. The number of unbranched alkanes of at least 4 members (excludes halogenated alkanes) is 14. The first-order chi connectivity index (χ1) is 16.2. The zero-order chi connectivity index (χ0) is 24.0. The molecule has 0 amide bonds. The molecule has 4 nitrogen and oxygen atoms in total. The lowest BCUT2D eigenvalue weighted by Gasteiger charge is -2.06. The second kappa shape index (κ2) is 21.1. The van der Waals surface area contributed by atoms with Crippen molar-refractivity contribution in [2.24, 2.45) is 0 Å². The summed E-state index contributed by atoms with van der Waals surface area (Å²) < 4.78 is 10.5. The van der Waals surface area contributed by atoms with Crippen LogP contribution in [0.25, 0.3) is 0 Å². The van der Waals surface area contributed by atoms with E-state index in [4.69, 9.17) is 9.47 Å². The Balaban J connectivity index is 1.85. The molecule has 1 aromatic carbocycles. The largest absolute Gasteiger partial charge is 0.466 e. The number of thioether (sulfide) groups is 1. The van der Waals surface area contributed by atoms with E-state index < -0.39 is 5.97 Å². The molecule has 0 spiro atoms. The molecule has 1 aromatic rings. The second-order valence-electron chi connectivity index (χ2n) is 8.82. The molecule has 0 radical (unpaired) electrons. The number of hydrogen-bond donors (Lipinski definition) is 0. The minimum atomic E-state index is -0.407. The number of esters is 2. The van der Waals surface area contributed by atoms with Crippen LogP contribution in [0.3, 0.4) is 0 Å². The topological polar surface area (TPSA) is 52.6 Å². The van der Waals surface area contributed by atoms with Crippen LogP contribution >= 0.6 is 11.8 Å². The summed E-state index contributed by atoms with van der Waals surface area (Å²) >= 11 is 1.63. The standard InChI is InChI=1S/C28H46O4S/c1-3-4-5-6-7-8-9-10-11-12-13-14-15-16-17-24-31-27(29)22-23-28(30)32-25-18-20-26(33-2)21-19-25/h18-21H,3-17,22-24H2,1-2H3. The summed E-state index contributed by atoms with van der Waals surface area (Å²) in [4.78, 5) is 24.8. The highest BCUT2D eigenvalue weighted by Crippen LogP contribution is 2.19. The van der Waals surface area contributed by atoms with Gasteiger partial charge in [0, 0.05) is 4.90 Å². The Morgan fingerprint density at radius 2 is 1.12 bits per heavy atom. The summed E-state index contributed by atoms with van der Waals surface area (Å²) in [6, 6.07) is 7.33. The van der Waals surface area contributed by atoms with Crippen molar-refractivity contribution >= 4 is 23.7 Å². The van der Waals surface area contributed by atoms with Crippen LogP contribution in [0.5, 0.6) is 5.75 Å². The van der Waals surface area contributed by atoms with Gasteiger partial charge in [-0.05, 0) is 36.9 Å². The van der Waals surface area contributed by atoms with Gasteiger partial charge in [0.05, 0.1) is 19.4 Å². The van der Waals surface area contributed by atoms with Crippen LogP contribution in [0.2, 0.25) is 0 Å². The Hall–Kier alpha value is -1.49. The van der Waals surface area contributed by atoms with Crippen LogP contribution in [0.1, 0.15) is 116 Å². The molecule has 0 aliphatic heterocycles. The molecule has 0 aromatic heterocycles. The molecule has 0 heterocycles. The minimum Gasteiger partial charge on any atom is -0.466 e. The Kier molecular flexibility index (Phi) is 18.9. The van der Waals surface area contributed by atoms with E-state index in [1.54, 1.807) is 23.9 Å². The van der Waals surface area contributed by atoms with Gasteiger partial charge in [0.15, 0.2) is 0 Å². The van der Waals surface area contributed by atoms with Gasteiger partial charge in [-0.1, -0.05) is 96.8 Å². The van der Waals surface area contributed by atoms with E-state index in [0.29, 0.717) is 12.4 Å². The molecule has 33 heavy (non-hydrogen) atoms. The van der Waals surface area contributed by atoms with Crippen LogP contribution in [-0.4, -0.2) is 24.8 Å². The van der Waals surface area contributed by atoms with Crippen molar-refractivity contribution in [1.29, 1.82) is 0 Å². The molecule has 5 heteroatoms. The van der Waals surface area contributed by atoms with E-state index >= 15 is 0 Å². The summed E-state index contributed by atoms with van der Waals surface area (Å²) in [7, 11) is 0. The molecular weight excluding hydrogens is 432 g/mol. The minimum absolute atomic E-state index is 0.0436. The fourth-order valence-corrected chi connectivity index (χ4v) is 4.17. The van der Waals surface area contributed by atoms with E-state index in [2.05, 4.69) is 6.92 Å². The molecule has 0 atom stereocenters. The van der Waals surface area contributed by atoms with E-state index in [-0.39, 0.29) is 18.8 Å². The molecule has 0 aliphatic carbocycles. The van der Waals surface area contributed by atoms with Crippen LogP contribution < -0.4 is 4.74 Å². The highest BCUT2D eigenvalue weighted by atomic mass is 32.2. The average molecular weight is 479 g/mol. The first-order valence-corrected chi connectivity index (χ1v) is 14.4. The number of ether oxygens (including phenoxy) is 2. The molecule has 188 valence electrons. The first kappa shape index (κ1) is 29.5. The van der Waals surface area contributed by atoms with Crippen LogP contribution in [0, 0.1) is 0 Å². The van der Waals surface area contributed by atoms with Crippen molar-refractivity contribution in [3.63, 3.8) is 0 Å². The summed E-state index contributed by atoms with van der Waals surface area (Å²) in [5.41, 5.74) is 0. The highest BCUT2D eigenvalue weighted by Gasteiger charge is 2.10. The maximum absolute atomic E-state index is 11.9. The number of carbonyl (C=O) groups is 2. The molecular formula is C28H46O4S. The summed E-state index contributed by atoms with van der Waals surface area (Å²) in [5.74, 6) is -0.227. The van der Waals surface area contributed by atoms with Crippen molar-refractivity contribution in [1.82, 2.24) is 0 Å². The second-order valence-corrected chi connectivity index (χ2v) is 9.70. The fraction of sp³-hybridized carbons (Fsp3) is 0.714. The van der Waals surface area contributed by atoms with Crippen molar-refractivity contribution in [2.45, 2.75) is 121 Å². The van der Waals surface area contributed by atoms with Gasteiger partial charge in [0.25, 0.3) is 0 Å². The monoisotopic (exact) mass is 478 g/mol. The average Bonchev–Trinajstić information content (AvgIpc) is 2.83. The molecule has 0 bridgehead atoms. The Morgan fingerprint density at radius 3 is 1.61 bits per heavy atom. The van der Waals surface area contributed by atoms with Gasteiger partial charge in [-0.3, -0.25) is 9.59 Å². The smallest absolute Gasteiger partial charge is 0.311 e. The Bertz CT molecular complexity index is 615. The molecule has 0 N–H and O–H groups in total. The third-order valence-electron chi connectivity index (χ3n) is 5.84. The van der Waals surface area contributed by atoms with Crippen molar-refractivity contribution < 1.29 is 19.1 Å². The van der Waals surface area contributed by atoms with Gasteiger partial charge in [0.2, 0.25) is 0 Å². The van der Waals surface area contributed by atoms with Crippen LogP contribution in [0.4, 0.5) is 0 Å². The van der Waals surface area contributed by atoms with E-state index in [9.17, 15) is 9.59 Å². The van der Waals surface area contributed by atoms with E-state index in [0.717, 1.165) is 17.7 Å². The van der Waals surface area contributed by atoms with Gasteiger partial charge in [-0.2, -0.15) is 0 Å². The van der Waals surface area contributed by atoms with Gasteiger partial charge in [-0.25, -0.2) is 0 Å². The van der Waals surface area contributed by atoms with E-state index in [1.165, 1.54) is 83.5 Å². The van der Waals surface area contributed by atoms with Gasteiger partial charge < -0.3 is 9.47 Å². The summed E-state index contributed by atoms with van der Waals surface area (Å²) in [6.45, 7) is 2.72. The third-order valence-corrected chi connectivity index (χ3v) is 6.58. The Labute approximate surface area is 206 Å². The van der Waals surface area contributed by atoms with Crippen molar-refractivity contribution in [2.75, 3.05) is 12.9 Å². The van der Waals surface area contributed by atoms with Gasteiger partial charge in [0.1, 0.15) is 5.75 Å².